The van der Waals surface area contributed by atoms with Crippen molar-refractivity contribution < 1.29 is 14.3 Å². The van der Waals surface area contributed by atoms with Gasteiger partial charge in [-0.15, -0.1) is 0 Å². The maximum Gasteiger partial charge on any atom is 0.409 e. The minimum atomic E-state index is -0.472. The first-order valence-electron chi connectivity index (χ1n) is 5.27. The number of rotatable bonds is 4. The highest BCUT2D eigenvalue weighted by Crippen LogP contribution is 2.09. The van der Waals surface area contributed by atoms with Crippen LogP contribution in [0.1, 0.15) is 41.0 Å². The molecule has 0 aromatic heterocycles. The number of ether oxygens (including phenoxy) is 2. The minimum absolute atomic E-state index is 0.278. The number of nitrogens with one attached hydrogen (secondary N) is 1. The number of carbonyl (C=O) groups excluding carboxylic acids is 1. The number of hydrogen-bond donors (Lipinski definition) is 1. The summed E-state index contributed by atoms with van der Waals surface area (Å²) in [7, 11) is 1.57. The monoisotopic (exact) mass is 217 g/mol. The fraction of sp³-hybridized carbons (Fsp3) is 0.909. The van der Waals surface area contributed by atoms with Gasteiger partial charge in [-0.05, 0) is 33.1 Å². The van der Waals surface area contributed by atoms with Crippen LogP contribution in [-0.2, 0) is 9.47 Å². The molecule has 0 aliphatic rings. The third-order valence-electron chi connectivity index (χ3n) is 1.65. The first-order chi connectivity index (χ1) is 6.74. The Hall–Kier alpha value is -0.770. The van der Waals surface area contributed by atoms with Crippen LogP contribution in [0, 0.1) is 5.92 Å². The molecule has 0 aliphatic carbocycles. The van der Waals surface area contributed by atoms with Crippen LogP contribution in [0.5, 0.6) is 0 Å². The molecule has 90 valence electrons. The van der Waals surface area contributed by atoms with Crippen molar-refractivity contribution in [3.05, 3.63) is 0 Å². The van der Waals surface area contributed by atoms with Gasteiger partial charge < -0.3 is 9.47 Å². The van der Waals surface area contributed by atoms with E-state index in [9.17, 15) is 4.79 Å². The van der Waals surface area contributed by atoms with Crippen LogP contribution in [0.15, 0.2) is 0 Å². The lowest BCUT2D eigenvalue weighted by Gasteiger charge is -2.23. The van der Waals surface area contributed by atoms with Crippen LogP contribution in [0.25, 0.3) is 0 Å². The summed E-state index contributed by atoms with van der Waals surface area (Å²) >= 11 is 0. The molecule has 0 spiro atoms. The van der Waals surface area contributed by atoms with E-state index >= 15 is 0 Å². The molecule has 0 heterocycles. The average molecular weight is 217 g/mol. The normalized spacial score (nSPS) is 13.8. The number of alkyl carbamates (subject to hydrolysis) is 1. The van der Waals surface area contributed by atoms with Gasteiger partial charge in [0.1, 0.15) is 11.8 Å². The standard InChI is InChI=1S/C11H23NO3/c1-8(2)7-9(14-6)12-10(13)15-11(3,4)5/h8-9H,7H2,1-6H3,(H,12,13)/t9-/m1/s1. The Labute approximate surface area is 92.3 Å². The predicted molar refractivity (Wildman–Crippen MR) is 59.6 cm³/mol. The highest BCUT2D eigenvalue weighted by atomic mass is 16.6. The molecule has 15 heavy (non-hydrogen) atoms. The summed E-state index contributed by atoms with van der Waals surface area (Å²) in [6.07, 6.45) is 0.0605. The molecule has 0 aromatic carbocycles. The first-order valence-corrected chi connectivity index (χ1v) is 5.27. The lowest BCUT2D eigenvalue weighted by molar-refractivity contribution is 0.0177. The molecule has 0 aliphatic heterocycles. The van der Waals surface area contributed by atoms with Gasteiger partial charge in [-0.25, -0.2) is 4.79 Å². The van der Waals surface area contributed by atoms with E-state index in [2.05, 4.69) is 19.2 Å². The van der Waals surface area contributed by atoms with Crippen LogP contribution in [0.3, 0.4) is 0 Å². The molecule has 4 heteroatoms. The molecule has 1 atom stereocenters. The minimum Gasteiger partial charge on any atom is -0.444 e. The van der Waals surface area contributed by atoms with E-state index in [-0.39, 0.29) is 6.23 Å². The summed E-state index contributed by atoms with van der Waals surface area (Å²) in [6, 6.07) is 0. The fourth-order valence-corrected chi connectivity index (χ4v) is 1.08. The molecule has 0 aromatic rings. The number of hydrogen-bond acceptors (Lipinski definition) is 3. The Morgan fingerprint density at radius 3 is 2.20 bits per heavy atom. The molecule has 1 amide bonds. The second kappa shape index (κ2) is 5.95. The van der Waals surface area contributed by atoms with E-state index in [4.69, 9.17) is 9.47 Å². The van der Waals surface area contributed by atoms with Gasteiger partial charge in [0.2, 0.25) is 0 Å². The quantitative estimate of drug-likeness (QED) is 0.736. The van der Waals surface area contributed by atoms with Gasteiger partial charge in [-0.2, -0.15) is 0 Å². The zero-order valence-electron chi connectivity index (χ0n) is 10.6. The van der Waals surface area contributed by atoms with Gasteiger partial charge in [0.25, 0.3) is 0 Å². The summed E-state index contributed by atoms with van der Waals surface area (Å²) in [4.78, 5) is 11.4. The SMILES string of the molecule is CO[C@H](CC(C)C)NC(=O)OC(C)(C)C. The van der Waals surface area contributed by atoms with E-state index in [0.29, 0.717) is 5.92 Å². The average Bonchev–Trinajstić information content (AvgIpc) is 1.98. The van der Waals surface area contributed by atoms with Crippen molar-refractivity contribution in [2.75, 3.05) is 7.11 Å². The molecule has 0 rings (SSSR count). The Bertz CT molecular complexity index is 196. The summed E-state index contributed by atoms with van der Waals surface area (Å²) in [5, 5.41) is 2.67. The lowest BCUT2D eigenvalue weighted by atomic mass is 10.1. The van der Waals surface area contributed by atoms with Crippen molar-refractivity contribution in [3.8, 4) is 0 Å². The summed E-state index contributed by atoms with van der Waals surface area (Å²) in [5.41, 5.74) is -0.472. The van der Waals surface area contributed by atoms with Crippen molar-refractivity contribution in [2.24, 2.45) is 5.92 Å². The zero-order valence-corrected chi connectivity index (χ0v) is 10.6. The number of carbonyl (C=O) groups is 1. The third-order valence-corrected chi connectivity index (χ3v) is 1.65. The van der Waals surface area contributed by atoms with Gasteiger partial charge >= 0.3 is 6.09 Å². The van der Waals surface area contributed by atoms with Gasteiger partial charge in [0, 0.05) is 7.11 Å². The lowest BCUT2D eigenvalue weighted by Crippen LogP contribution is -2.40. The topological polar surface area (TPSA) is 47.6 Å². The Kier molecular flexibility index (Phi) is 5.65. The Morgan fingerprint density at radius 1 is 1.33 bits per heavy atom. The van der Waals surface area contributed by atoms with Crippen molar-refractivity contribution in [2.45, 2.75) is 52.9 Å². The number of amides is 1. The maximum atomic E-state index is 11.4. The van der Waals surface area contributed by atoms with Crippen LogP contribution >= 0.6 is 0 Å². The molecule has 4 nitrogen and oxygen atoms in total. The van der Waals surface area contributed by atoms with Crippen LogP contribution < -0.4 is 5.32 Å². The second-order valence-corrected chi connectivity index (χ2v) is 5.00. The van der Waals surface area contributed by atoms with Gasteiger partial charge in [0.15, 0.2) is 0 Å². The van der Waals surface area contributed by atoms with E-state index in [1.165, 1.54) is 0 Å². The molecule has 0 unspecified atom stereocenters. The summed E-state index contributed by atoms with van der Waals surface area (Å²) < 4.78 is 10.3. The predicted octanol–water partition coefficient (Wildman–Crippen LogP) is 2.53. The molecule has 0 saturated heterocycles. The van der Waals surface area contributed by atoms with E-state index in [1.807, 2.05) is 20.8 Å². The summed E-state index contributed by atoms with van der Waals surface area (Å²) in [6.45, 7) is 9.64. The number of methoxy groups -OCH3 is 1. The van der Waals surface area contributed by atoms with Gasteiger partial charge in [-0.1, -0.05) is 13.8 Å². The van der Waals surface area contributed by atoms with Crippen molar-refractivity contribution in [3.63, 3.8) is 0 Å². The largest absolute Gasteiger partial charge is 0.444 e. The maximum absolute atomic E-state index is 11.4. The smallest absolute Gasteiger partial charge is 0.409 e. The van der Waals surface area contributed by atoms with E-state index in [1.54, 1.807) is 7.11 Å². The van der Waals surface area contributed by atoms with Crippen molar-refractivity contribution in [1.29, 1.82) is 0 Å². The Balaban J connectivity index is 4.02. The fourth-order valence-electron chi connectivity index (χ4n) is 1.08. The van der Waals surface area contributed by atoms with Crippen molar-refractivity contribution >= 4 is 6.09 Å². The third kappa shape index (κ3) is 8.24. The van der Waals surface area contributed by atoms with Gasteiger partial charge in [0.05, 0.1) is 0 Å². The molecular weight excluding hydrogens is 194 g/mol. The highest BCUT2D eigenvalue weighted by molar-refractivity contribution is 5.67. The van der Waals surface area contributed by atoms with E-state index in [0.717, 1.165) is 6.42 Å². The Morgan fingerprint density at radius 2 is 1.87 bits per heavy atom. The summed E-state index contributed by atoms with van der Waals surface area (Å²) in [5.74, 6) is 0.463. The molecule has 1 N–H and O–H groups in total. The molecule has 0 radical (unpaired) electrons. The highest BCUT2D eigenvalue weighted by Gasteiger charge is 2.19. The van der Waals surface area contributed by atoms with Crippen LogP contribution in [0.2, 0.25) is 0 Å². The van der Waals surface area contributed by atoms with Crippen LogP contribution in [0.4, 0.5) is 4.79 Å². The molecular formula is C11H23NO3. The molecule has 0 saturated carbocycles. The zero-order chi connectivity index (χ0) is 12.1. The van der Waals surface area contributed by atoms with Crippen molar-refractivity contribution in [1.82, 2.24) is 5.32 Å². The van der Waals surface area contributed by atoms with E-state index < -0.39 is 11.7 Å². The van der Waals surface area contributed by atoms with Gasteiger partial charge in [-0.3, -0.25) is 5.32 Å². The molecule has 0 fully saturated rings. The molecule has 0 bridgehead atoms. The second-order valence-electron chi connectivity index (χ2n) is 5.00. The van der Waals surface area contributed by atoms with Crippen LogP contribution in [-0.4, -0.2) is 25.0 Å². The first kappa shape index (κ1) is 14.2.